The first kappa shape index (κ1) is 19.3. The van der Waals surface area contributed by atoms with E-state index in [2.05, 4.69) is 20.2 Å². The molecule has 1 aromatic heterocycles. The van der Waals surface area contributed by atoms with Crippen molar-refractivity contribution >= 4 is 5.91 Å². The first-order valence-corrected chi connectivity index (χ1v) is 9.30. The first-order chi connectivity index (χ1) is 13.2. The molecule has 0 aliphatic carbocycles. The fourth-order valence-electron chi connectivity index (χ4n) is 3.41. The summed E-state index contributed by atoms with van der Waals surface area (Å²) in [5.74, 6) is 0.385. The zero-order chi connectivity index (χ0) is 19.1. The van der Waals surface area contributed by atoms with Crippen LogP contribution in [0.2, 0.25) is 0 Å². The maximum Gasteiger partial charge on any atom is 0.266 e. The number of carbonyl (C=O) groups excluding carboxylic acids is 1. The monoisotopic (exact) mass is 370 g/mol. The van der Waals surface area contributed by atoms with Crippen molar-refractivity contribution in [3.05, 3.63) is 52.6 Å². The molecule has 0 unspecified atom stereocenters. The minimum Gasteiger partial charge on any atom is -0.385 e. The second kappa shape index (κ2) is 9.43. The zero-order valence-electron chi connectivity index (χ0n) is 15.6. The molecule has 0 radical (unpaired) electrons. The second-order valence-electron chi connectivity index (χ2n) is 6.90. The molecule has 1 atom stereocenters. The lowest BCUT2D eigenvalue weighted by Gasteiger charge is -2.16. The van der Waals surface area contributed by atoms with Gasteiger partial charge in [-0.05, 0) is 37.4 Å². The minimum absolute atomic E-state index is 0.0964. The predicted octanol–water partition coefficient (Wildman–Crippen LogP) is 1.53. The Hall–Kier alpha value is -2.51. The van der Waals surface area contributed by atoms with Gasteiger partial charge in [0.2, 0.25) is 0 Å². The number of benzene rings is 1. The minimum atomic E-state index is -0.265. The Balaban J connectivity index is 1.53. The van der Waals surface area contributed by atoms with Gasteiger partial charge in [0.15, 0.2) is 0 Å². The number of aromatic amines is 1. The Morgan fingerprint density at radius 3 is 3.11 bits per heavy atom. The largest absolute Gasteiger partial charge is 0.385 e. The summed E-state index contributed by atoms with van der Waals surface area (Å²) in [6.45, 7) is 4.60. The number of nitrogens with zero attached hydrogens (tertiary/aromatic N) is 2. The highest BCUT2D eigenvalue weighted by Crippen LogP contribution is 2.18. The standard InChI is InChI=1S/C20H26N4O3/c1-27-9-3-7-24-8-6-15(14-24)11-22-20(26)17-5-2-4-16(10-17)18-12-21-13-19(25)23-18/h2,4-5,10,12-13,15H,3,6-9,11,14H2,1H3,(H,22,26)(H,23,25)/t15-/m1/s1. The Morgan fingerprint density at radius 1 is 1.41 bits per heavy atom. The number of nitrogens with one attached hydrogen (secondary N) is 2. The third kappa shape index (κ3) is 5.48. The molecule has 0 bridgehead atoms. The van der Waals surface area contributed by atoms with Crippen LogP contribution >= 0.6 is 0 Å². The fourth-order valence-corrected chi connectivity index (χ4v) is 3.41. The van der Waals surface area contributed by atoms with Crippen LogP contribution in [0.4, 0.5) is 0 Å². The molecule has 2 heterocycles. The van der Waals surface area contributed by atoms with Crippen LogP contribution in [0, 0.1) is 5.92 Å². The van der Waals surface area contributed by atoms with Crippen molar-refractivity contribution in [3.63, 3.8) is 0 Å². The summed E-state index contributed by atoms with van der Waals surface area (Å²) in [6, 6.07) is 7.20. The van der Waals surface area contributed by atoms with Gasteiger partial charge in [-0.25, -0.2) is 0 Å². The Bertz CT molecular complexity index is 821. The number of aromatic nitrogens is 2. The highest BCUT2D eigenvalue weighted by Gasteiger charge is 2.22. The summed E-state index contributed by atoms with van der Waals surface area (Å²) in [5.41, 5.74) is 1.67. The van der Waals surface area contributed by atoms with Gasteiger partial charge in [0.1, 0.15) is 0 Å². The molecule has 1 amide bonds. The van der Waals surface area contributed by atoms with Gasteiger partial charge >= 0.3 is 0 Å². The van der Waals surface area contributed by atoms with Crippen LogP contribution in [-0.4, -0.2) is 60.7 Å². The molecule has 1 aromatic carbocycles. The molecule has 2 aromatic rings. The number of likely N-dealkylation sites (tertiary alicyclic amines) is 1. The molecule has 3 rings (SSSR count). The number of H-pyrrole nitrogens is 1. The Labute approximate surface area is 158 Å². The molecular weight excluding hydrogens is 344 g/mol. The normalized spacial score (nSPS) is 17.1. The van der Waals surface area contributed by atoms with Crippen molar-refractivity contribution in [1.82, 2.24) is 20.2 Å². The van der Waals surface area contributed by atoms with E-state index in [0.717, 1.165) is 44.6 Å². The quantitative estimate of drug-likeness (QED) is 0.688. The first-order valence-electron chi connectivity index (χ1n) is 9.30. The summed E-state index contributed by atoms with van der Waals surface area (Å²) in [4.78, 5) is 33.0. The summed E-state index contributed by atoms with van der Waals surface area (Å²) >= 11 is 0. The van der Waals surface area contributed by atoms with Crippen molar-refractivity contribution in [1.29, 1.82) is 0 Å². The van der Waals surface area contributed by atoms with E-state index in [9.17, 15) is 9.59 Å². The summed E-state index contributed by atoms with van der Waals surface area (Å²) in [5, 5.41) is 3.04. The van der Waals surface area contributed by atoms with Crippen LogP contribution < -0.4 is 10.9 Å². The van der Waals surface area contributed by atoms with Crippen molar-refractivity contribution in [2.75, 3.05) is 39.9 Å². The smallest absolute Gasteiger partial charge is 0.266 e. The van der Waals surface area contributed by atoms with E-state index in [1.165, 1.54) is 6.20 Å². The molecule has 144 valence electrons. The van der Waals surface area contributed by atoms with Gasteiger partial charge in [0.25, 0.3) is 11.5 Å². The highest BCUT2D eigenvalue weighted by molar-refractivity contribution is 5.95. The van der Waals surface area contributed by atoms with Crippen LogP contribution in [0.15, 0.2) is 41.5 Å². The third-order valence-corrected chi connectivity index (χ3v) is 4.83. The number of ether oxygens (including phenoxy) is 1. The van der Waals surface area contributed by atoms with Crippen LogP contribution in [0.25, 0.3) is 11.3 Å². The van der Waals surface area contributed by atoms with Crippen LogP contribution in [-0.2, 0) is 4.74 Å². The molecule has 2 N–H and O–H groups in total. The average Bonchev–Trinajstić information content (AvgIpc) is 3.14. The van der Waals surface area contributed by atoms with E-state index in [0.29, 0.717) is 23.7 Å². The van der Waals surface area contributed by atoms with Crippen LogP contribution in [0.5, 0.6) is 0 Å². The van der Waals surface area contributed by atoms with E-state index in [4.69, 9.17) is 4.74 Å². The zero-order valence-corrected chi connectivity index (χ0v) is 15.6. The molecule has 0 saturated carbocycles. The van der Waals surface area contributed by atoms with Crippen molar-refractivity contribution in [2.24, 2.45) is 5.92 Å². The fraction of sp³-hybridized carbons (Fsp3) is 0.450. The van der Waals surface area contributed by atoms with Gasteiger partial charge in [0.05, 0.1) is 18.1 Å². The molecular formula is C20H26N4O3. The van der Waals surface area contributed by atoms with Crippen LogP contribution in [0.1, 0.15) is 23.2 Å². The maximum atomic E-state index is 12.5. The van der Waals surface area contributed by atoms with Gasteiger partial charge in [-0.3, -0.25) is 14.6 Å². The molecule has 1 saturated heterocycles. The molecule has 1 fully saturated rings. The number of carbonyl (C=O) groups is 1. The van der Waals surface area contributed by atoms with E-state index < -0.39 is 0 Å². The Morgan fingerprint density at radius 2 is 2.30 bits per heavy atom. The topological polar surface area (TPSA) is 87.3 Å². The molecule has 1 aliphatic rings. The highest BCUT2D eigenvalue weighted by atomic mass is 16.5. The third-order valence-electron chi connectivity index (χ3n) is 4.83. The summed E-state index contributed by atoms with van der Waals surface area (Å²) in [6.07, 6.45) is 4.94. The predicted molar refractivity (Wildman–Crippen MR) is 104 cm³/mol. The second-order valence-corrected chi connectivity index (χ2v) is 6.90. The summed E-state index contributed by atoms with van der Waals surface area (Å²) < 4.78 is 5.10. The number of hydrogen-bond donors (Lipinski definition) is 2. The van der Waals surface area contributed by atoms with Crippen molar-refractivity contribution in [2.45, 2.75) is 12.8 Å². The Kier molecular flexibility index (Phi) is 6.73. The molecule has 27 heavy (non-hydrogen) atoms. The molecule has 1 aliphatic heterocycles. The average molecular weight is 370 g/mol. The van der Waals surface area contributed by atoms with Gasteiger partial charge in [-0.15, -0.1) is 0 Å². The molecule has 0 spiro atoms. The number of rotatable bonds is 8. The van der Waals surface area contributed by atoms with Gasteiger partial charge in [-0.1, -0.05) is 12.1 Å². The number of methoxy groups -OCH3 is 1. The lowest BCUT2D eigenvalue weighted by atomic mass is 10.1. The summed E-state index contributed by atoms with van der Waals surface area (Å²) in [7, 11) is 1.73. The van der Waals surface area contributed by atoms with E-state index in [-0.39, 0.29) is 11.5 Å². The van der Waals surface area contributed by atoms with E-state index in [1.54, 1.807) is 25.4 Å². The van der Waals surface area contributed by atoms with Crippen LogP contribution in [0.3, 0.4) is 0 Å². The molecule has 7 nitrogen and oxygen atoms in total. The lowest BCUT2D eigenvalue weighted by Crippen LogP contribution is -2.31. The maximum absolute atomic E-state index is 12.5. The lowest BCUT2D eigenvalue weighted by molar-refractivity contribution is 0.0947. The molecule has 7 heteroatoms. The van der Waals surface area contributed by atoms with Crippen molar-refractivity contribution < 1.29 is 9.53 Å². The van der Waals surface area contributed by atoms with E-state index >= 15 is 0 Å². The van der Waals surface area contributed by atoms with Gasteiger partial charge in [0, 0.05) is 44.5 Å². The number of amides is 1. The van der Waals surface area contributed by atoms with Gasteiger partial charge in [-0.2, -0.15) is 0 Å². The van der Waals surface area contributed by atoms with E-state index in [1.807, 2.05) is 12.1 Å². The SMILES string of the molecule is COCCCN1CC[C@H](CNC(=O)c2cccc(-c3cncc(=O)[nH]3)c2)C1. The van der Waals surface area contributed by atoms with Crippen molar-refractivity contribution in [3.8, 4) is 11.3 Å². The van der Waals surface area contributed by atoms with Gasteiger partial charge < -0.3 is 19.9 Å². The number of hydrogen-bond acceptors (Lipinski definition) is 5.